The van der Waals surface area contributed by atoms with Crippen molar-refractivity contribution in [3.05, 3.63) is 17.5 Å². The second kappa shape index (κ2) is 4.34. The van der Waals surface area contributed by atoms with Crippen molar-refractivity contribution < 1.29 is 5.11 Å². The number of hydrogen-bond donors (Lipinski definition) is 1. The number of aryl methyl sites for hydroxylation is 2. The largest absolute Gasteiger partial charge is 0.389 e. The zero-order valence-electron chi connectivity index (χ0n) is 13.2. The molecule has 19 heavy (non-hydrogen) atoms. The minimum atomic E-state index is -0.606. The minimum absolute atomic E-state index is 0.199. The zero-order valence-corrected chi connectivity index (χ0v) is 13.2. The van der Waals surface area contributed by atoms with Crippen molar-refractivity contribution in [2.75, 3.05) is 0 Å². The van der Waals surface area contributed by atoms with Crippen LogP contribution in [-0.4, -0.2) is 20.5 Å². The van der Waals surface area contributed by atoms with Gasteiger partial charge >= 0.3 is 0 Å². The lowest BCUT2D eigenvalue weighted by molar-refractivity contribution is -0.0859. The highest BCUT2D eigenvalue weighted by molar-refractivity contribution is 5.13. The lowest BCUT2D eigenvalue weighted by atomic mass is 9.59. The second-order valence-corrected chi connectivity index (χ2v) is 8.16. The Labute approximate surface area is 117 Å². The van der Waals surface area contributed by atoms with Crippen molar-refractivity contribution in [1.29, 1.82) is 0 Å². The summed E-state index contributed by atoms with van der Waals surface area (Å²) in [6, 6.07) is 2.09. The van der Waals surface area contributed by atoms with E-state index < -0.39 is 5.60 Å². The van der Waals surface area contributed by atoms with Crippen molar-refractivity contribution in [1.82, 2.24) is 9.78 Å². The van der Waals surface area contributed by atoms with Gasteiger partial charge in [-0.3, -0.25) is 4.68 Å². The topological polar surface area (TPSA) is 38.0 Å². The first-order valence-corrected chi connectivity index (χ1v) is 7.22. The maximum absolute atomic E-state index is 11.1. The highest BCUT2D eigenvalue weighted by atomic mass is 16.3. The highest BCUT2D eigenvalue weighted by Gasteiger charge is 2.46. The van der Waals surface area contributed by atoms with E-state index in [0.717, 1.165) is 24.2 Å². The molecule has 108 valence electrons. The molecule has 0 saturated heterocycles. The van der Waals surface area contributed by atoms with Gasteiger partial charge in [0.15, 0.2) is 0 Å². The fraction of sp³-hybridized carbons (Fsp3) is 0.812. The molecule has 1 aromatic rings. The third-order valence-corrected chi connectivity index (χ3v) is 4.18. The Morgan fingerprint density at radius 1 is 1.16 bits per heavy atom. The van der Waals surface area contributed by atoms with Gasteiger partial charge in [-0.15, -0.1) is 0 Å². The van der Waals surface area contributed by atoms with E-state index in [1.54, 1.807) is 0 Å². The molecule has 1 fully saturated rings. The summed E-state index contributed by atoms with van der Waals surface area (Å²) in [5.41, 5.74) is 1.95. The van der Waals surface area contributed by atoms with E-state index >= 15 is 0 Å². The molecular weight excluding hydrogens is 236 g/mol. The number of hydrogen-bond acceptors (Lipinski definition) is 2. The van der Waals surface area contributed by atoms with Crippen LogP contribution in [0.25, 0.3) is 0 Å². The smallest absolute Gasteiger partial charge is 0.0713 e. The van der Waals surface area contributed by atoms with Gasteiger partial charge in [0.25, 0.3) is 0 Å². The molecule has 1 N–H and O–H groups in total. The molecular formula is C16H28N2O. The number of nitrogens with zero attached hydrogens (tertiary/aromatic N) is 2. The Hall–Kier alpha value is -0.830. The first-order chi connectivity index (χ1) is 8.50. The number of rotatable bonds is 2. The van der Waals surface area contributed by atoms with Crippen LogP contribution < -0.4 is 0 Å². The Balaban J connectivity index is 2.24. The lowest BCUT2D eigenvalue weighted by Gasteiger charge is -2.49. The zero-order chi connectivity index (χ0) is 14.5. The summed E-state index contributed by atoms with van der Waals surface area (Å²) < 4.78 is 1.90. The van der Waals surface area contributed by atoms with Gasteiger partial charge in [-0.2, -0.15) is 5.10 Å². The van der Waals surface area contributed by atoms with Gasteiger partial charge < -0.3 is 5.11 Å². The molecule has 0 bridgehead atoms. The first-order valence-electron chi connectivity index (χ1n) is 7.22. The van der Waals surface area contributed by atoms with E-state index in [2.05, 4.69) is 38.9 Å². The van der Waals surface area contributed by atoms with Gasteiger partial charge in [-0.1, -0.05) is 27.7 Å². The van der Waals surface area contributed by atoms with E-state index in [4.69, 9.17) is 0 Å². The second-order valence-electron chi connectivity index (χ2n) is 8.16. The number of aliphatic hydroxyl groups is 1. The molecule has 1 saturated carbocycles. The van der Waals surface area contributed by atoms with Crippen molar-refractivity contribution in [2.24, 2.45) is 17.9 Å². The summed E-state index contributed by atoms with van der Waals surface area (Å²) in [5, 5.41) is 15.5. The molecule has 2 rings (SSSR count). The van der Waals surface area contributed by atoms with E-state index in [9.17, 15) is 5.11 Å². The molecule has 0 aromatic carbocycles. The fourth-order valence-corrected chi connectivity index (χ4v) is 4.56. The summed E-state index contributed by atoms with van der Waals surface area (Å²) in [7, 11) is 1.96. The average Bonchev–Trinajstić information content (AvgIpc) is 2.36. The van der Waals surface area contributed by atoms with Crippen LogP contribution in [0.1, 0.15) is 58.3 Å². The molecule has 3 heteroatoms. The van der Waals surface area contributed by atoms with Gasteiger partial charge in [0.1, 0.15) is 0 Å². The molecule has 1 heterocycles. The standard InChI is InChI=1S/C16H28N2O/c1-12-7-13(18(6)17-12)8-16(19)10-14(2,3)9-15(4,5)11-16/h7,19H,8-11H2,1-6H3. The first kappa shape index (κ1) is 14.6. The SMILES string of the molecule is Cc1cc(CC2(O)CC(C)(C)CC(C)(C)C2)n(C)n1. The summed E-state index contributed by atoms with van der Waals surface area (Å²) >= 11 is 0. The molecule has 3 nitrogen and oxygen atoms in total. The maximum Gasteiger partial charge on any atom is 0.0713 e. The molecule has 0 unspecified atom stereocenters. The minimum Gasteiger partial charge on any atom is -0.389 e. The van der Waals surface area contributed by atoms with E-state index in [1.165, 1.54) is 6.42 Å². The molecule has 1 aliphatic carbocycles. The summed E-state index contributed by atoms with van der Waals surface area (Å²) in [6.07, 6.45) is 3.62. The van der Waals surface area contributed by atoms with Gasteiger partial charge in [0.05, 0.1) is 11.3 Å². The van der Waals surface area contributed by atoms with Crippen LogP contribution in [0.3, 0.4) is 0 Å². The molecule has 0 amide bonds. The summed E-state index contributed by atoms with van der Waals surface area (Å²) in [4.78, 5) is 0. The molecule has 1 aliphatic rings. The predicted octanol–water partition coefficient (Wildman–Crippen LogP) is 3.24. The van der Waals surface area contributed by atoms with Crippen molar-refractivity contribution >= 4 is 0 Å². The average molecular weight is 264 g/mol. The third kappa shape index (κ3) is 3.38. The summed E-state index contributed by atoms with van der Waals surface area (Å²) in [5.74, 6) is 0. The van der Waals surface area contributed by atoms with Crippen LogP contribution in [0.15, 0.2) is 6.07 Å². The van der Waals surface area contributed by atoms with E-state index in [1.807, 2.05) is 18.7 Å². The molecule has 0 spiro atoms. The van der Waals surface area contributed by atoms with E-state index in [-0.39, 0.29) is 10.8 Å². The van der Waals surface area contributed by atoms with E-state index in [0.29, 0.717) is 6.42 Å². The van der Waals surface area contributed by atoms with Crippen LogP contribution in [-0.2, 0) is 13.5 Å². The molecule has 1 aromatic heterocycles. The Morgan fingerprint density at radius 3 is 2.11 bits per heavy atom. The molecule has 0 aliphatic heterocycles. The normalized spacial score (nSPS) is 24.4. The quantitative estimate of drug-likeness (QED) is 0.890. The maximum atomic E-state index is 11.1. The van der Waals surface area contributed by atoms with Crippen LogP contribution in [0, 0.1) is 17.8 Å². The van der Waals surface area contributed by atoms with Crippen molar-refractivity contribution in [3.63, 3.8) is 0 Å². The van der Waals surface area contributed by atoms with Gasteiger partial charge in [-0.25, -0.2) is 0 Å². The Kier molecular flexibility index (Phi) is 3.33. The van der Waals surface area contributed by atoms with Crippen molar-refractivity contribution in [3.8, 4) is 0 Å². The Morgan fingerprint density at radius 2 is 1.68 bits per heavy atom. The molecule has 0 atom stereocenters. The van der Waals surface area contributed by atoms with Gasteiger partial charge in [-0.05, 0) is 43.1 Å². The van der Waals surface area contributed by atoms with Crippen LogP contribution >= 0.6 is 0 Å². The van der Waals surface area contributed by atoms with Crippen molar-refractivity contribution in [2.45, 2.75) is 65.9 Å². The highest BCUT2D eigenvalue weighted by Crippen LogP contribution is 2.50. The van der Waals surface area contributed by atoms with Crippen LogP contribution in [0.2, 0.25) is 0 Å². The predicted molar refractivity (Wildman–Crippen MR) is 78.0 cm³/mol. The monoisotopic (exact) mass is 264 g/mol. The Bertz CT molecular complexity index is 455. The summed E-state index contributed by atoms with van der Waals surface area (Å²) in [6.45, 7) is 11.1. The third-order valence-electron chi connectivity index (χ3n) is 4.18. The van der Waals surface area contributed by atoms with Crippen LogP contribution in [0.4, 0.5) is 0 Å². The van der Waals surface area contributed by atoms with Crippen LogP contribution in [0.5, 0.6) is 0 Å². The van der Waals surface area contributed by atoms with Gasteiger partial charge in [0, 0.05) is 19.2 Å². The lowest BCUT2D eigenvalue weighted by Crippen LogP contribution is -2.47. The van der Waals surface area contributed by atoms with Gasteiger partial charge in [0.2, 0.25) is 0 Å². The molecule has 0 radical (unpaired) electrons. The number of aromatic nitrogens is 2. The fourth-order valence-electron chi connectivity index (χ4n) is 4.56.